The highest BCUT2D eigenvalue weighted by Gasteiger charge is 2.50. The number of carbonyl (C=O) groups is 1. The smallest absolute Gasteiger partial charge is 0.133 e. The minimum atomic E-state index is 0.444. The Labute approximate surface area is 86.0 Å². The molecule has 0 amide bonds. The van der Waals surface area contributed by atoms with Crippen LogP contribution in [0.15, 0.2) is 0 Å². The van der Waals surface area contributed by atoms with E-state index in [0.29, 0.717) is 29.8 Å². The van der Waals surface area contributed by atoms with Gasteiger partial charge in [0, 0.05) is 12.8 Å². The third-order valence-electron chi connectivity index (χ3n) is 3.40. The minimum Gasteiger partial charge on any atom is -0.369 e. The van der Waals surface area contributed by atoms with E-state index in [1.807, 2.05) is 0 Å². The Morgan fingerprint density at radius 1 is 1.43 bits per heavy atom. The number of hydrogen-bond acceptors (Lipinski definition) is 2. The molecule has 2 rings (SSSR count). The van der Waals surface area contributed by atoms with E-state index in [1.165, 1.54) is 12.8 Å². The van der Waals surface area contributed by atoms with Gasteiger partial charge in [0.2, 0.25) is 0 Å². The van der Waals surface area contributed by atoms with Gasteiger partial charge in [-0.15, -0.1) is 0 Å². The van der Waals surface area contributed by atoms with E-state index in [4.69, 9.17) is 4.74 Å². The van der Waals surface area contributed by atoms with Gasteiger partial charge in [-0.3, -0.25) is 4.79 Å². The van der Waals surface area contributed by atoms with Crippen LogP contribution in [-0.4, -0.2) is 18.0 Å². The van der Waals surface area contributed by atoms with E-state index in [2.05, 4.69) is 13.8 Å². The lowest BCUT2D eigenvalue weighted by Gasteiger charge is -2.09. The van der Waals surface area contributed by atoms with Crippen LogP contribution in [0, 0.1) is 11.8 Å². The molecule has 2 fully saturated rings. The van der Waals surface area contributed by atoms with Crippen LogP contribution < -0.4 is 0 Å². The molecule has 0 N–H and O–H groups in total. The van der Waals surface area contributed by atoms with E-state index in [0.717, 1.165) is 19.3 Å². The lowest BCUT2D eigenvalue weighted by Crippen LogP contribution is -2.11. The fourth-order valence-corrected chi connectivity index (χ4v) is 2.41. The van der Waals surface area contributed by atoms with Crippen molar-refractivity contribution in [3.63, 3.8) is 0 Å². The summed E-state index contributed by atoms with van der Waals surface area (Å²) in [5.41, 5.74) is 0. The summed E-state index contributed by atoms with van der Waals surface area (Å²) in [6, 6.07) is 0. The van der Waals surface area contributed by atoms with Gasteiger partial charge in [0.25, 0.3) is 0 Å². The van der Waals surface area contributed by atoms with Crippen molar-refractivity contribution in [2.75, 3.05) is 0 Å². The summed E-state index contributed by atoms with van der Waals surface area (Å²) >= 11 is 0. The van der Waals surface area contributed by atoms with E-state index in [-0.39, 0.29) is 0 Å². The highest BCUT2D eigenvalue weighted by Crippen LogP contribution is 2.44. The molecule has 3 atom stereocenters. The molecule has 1 heterocycles. The average Bonchev–Trinajstić information content (AvgIpc) is 2.81. The lowest BCUT2D eigenvalue weighted by atomic mass is 9.96. The minimum absolute atomic E-state index is 0.444. The summed E-state index contributed by atoms with van der Waals surface area (Å²) in [5.74, 6) is 1.65. The third-order valence-corrected chi connectivity index (χ3v) is 3.40. The van der Waals surface area contributed by atoms with E-state index in [1.54, 1.807) is 0 Å². The number of rotatable bonds is 5. The average molecular weight is 196 g/mol. The second-order valence-corrected chi connectivity index (χ2v) is 5.15. The van der Waals surface area contributed by atoms with Gasteiger partial charge in [-0.05, 0) is 31.1 Å². The predicted molar refractivity (Wildman–Crippen MR) is 55.1 cm³/mol. The molecular weight excluding hydrogens is 176 g/mol. The quantitative estimate of drug-likeness (QED) is 0.632. The Balaban J connectivity index is 1.67. The molecule has 0 aromatic heterocycles. The first kappa shape index (κ1) is 10.2. The van der Waals surface area contributed by atoms with Crippen molar-refractivity contribution in [2.24, 2.45) is 11.8 Å². The number of hydrogen-bond donors (Lipinski definition) is 0. The molecule has 2 aliphatic rings. The Hall–Kier alpha value is -0.370. The normalized spacial score (nSPS) is 34.6. The van der Waals surface area contributed by atoms with Gasteiger partial charge in [0.15, 0.2) is 0 Å². The molecule has 2 heteroatoms. The third kappa shape index (κ3) is 2.35. The fourth-order valence-electron chi connectivity index (χ4n) is 2.41. The van der Waals surface area contributed by atoms with Crippen molar-refractivity contribution < 1.29 is 9.53 Å². The van der Waals surface area contributed by atoms with Gasteiger partial charge in [-0.1, -0.05) is 13.8 Å². The summed E-state index contributed by atoms with van der Waals surface area (Å²) in [6.45, 7) is 4.34. The zero-order valence-electron chi connectivity index (χ0n) is 9.16. The molecule has 0 aromatic rings. The van der Waals surface area contributed by atoms with Crippen LogP contribution in [0.4, 0.5) is 0 Å². The Bertz CT molecular complexity index is 222. The van der Waals surface area contributed by atoms with Crippen molar-refractivity contribution in [2.45, 2.75) is 58.2 Å². The summed E-state index contributed by atoms with van der Waals surface area (Å²) in [5, 5.41) is 0. The summed E-state index contributed by atoms with van der Waals surface area (Å²) < 4.78 is 5.44. The summed E-state index contributed by atoms with van der Waals surface area (Å²) in [7, 11) is 0. The fraction of sp³-hybridized carbons (Fsp3) is 0.917. The molecular formula is C12H20O2. The molecule has 14 heavy (non-hydrogen) atoms. The topological polar surface area (TPSA) is 29.6 Å². The molecule has 0 radical (unpaired) electrons. The number of ether oxygens (including phenoxy) is 1. The molecule has 0 spiro atoms. The van der Waals surface area contributed by atoms with Gasteiger partial charge >= 0.3 is 0 Å². The van der Waals surface area contributed by atoms with Crippen LogP contribution in [0.25, 0.3) is 0 Å². The van der Waals surface area contributed by atoms with Crippen LogP contribution >= 0.6 is 0 Å². The van der Waals surface area contributed by atoms with E-state index in [9.17, 15) is 4.79 Å². The number of carbonyl (C=O) groups excluding carboxylic acids is 1. The molecule has 1 saturated heterocycles. The van der Waals surface area contributed by atoms with Crippen LogP contribution in [0.1, 0.15) is 46.0 Å². The molecule has 0 bridgehead atoms. The van der Waals surface area contributed by atoms with Gasteiger partial charge in [-0.25, -0.2) is 0 Å². The zero-order valence-corrected chi connectivity index (χ0v) is 9.16. The predicted octanol–water partition coefficient (Wildman–Crippen LogP) is 2.56. The van der Waals surface area contributed by atoms with E-state index >= 15 is 0 Å². The van der Waals surface area contributed by atoms with Crippen molar-refractivity contribution in [1.29, 1.82) is 0 Å². The van der Waals surface area contributed by atoms with Crippen molar-refractivity contribution in [3.05, 3.63) is 0 Å². The van der Waals surface area contributed by atoms with Gasteiger partial charge < -0.3 is 4.74 Å². The molecule has 1 aliphatic carbocycles. The Morgan fingerprint density at radius 3 is 2.71 bits per heavy atom. The largest absolute Gasteiger partial charge is 0.369 e. The van der Waals surface area contributed by atoms with Gasteiger partial charge in [-0.2, -0.15) is 0 Å². The van der Waals surface area contributed by atoms with Crippen molar-refractivity contribution in [3.8, 4) is 0 Å². The molecule has 1 aliphatic heterocycles. The number of ketones is 1. The molecule has 80 valence electrons. The molecule has 0 unspecified atom stereocenters. The monoisotopic (exact) mass is 196 g/mol. The van der Waals surface area contributed by atoms with Gasteiger partial charge in [0.1, 0.15) is 5.78 Å². The maximum Gasteiger partial charge on any atom is 0.133 e. The standard InChI is InChI=1S/C12H20O2/c1-8(2)3-5-10(13)7-9-4-6-11-12(9)14-11/h8-9,11-12H,3-7H2,1-2H3/t9-,11+,12-/m0/s1. The van der Waals surface area contributed by atoms with Crippen molar-refractivity contribution >= 4 is 5.78 Å². The van der Waals surface area contributed by atoms with Crippen LogP contribution in [0.2, 0.25) is 0 Å². The van der Waals surface area contributed by atoms with Gasteiger partial charge in [0.05, 0.1) is 12.2 Å². The Kier molecular flexibility index (Phi) is 2.91. The number of fused-ring (bicyclic) bond motifs is 1. The first-order valence-corrected chi connectivity index (χ1v) is 5.84. The van der Waals surface area contributed by atoms with Crippen LogP contribution in [0.3, 0.4) is 0 Å². The second-order valence-electron chi connectivity index (χ2n) is 5.15. The summed E-state index contributed by atoms with van der Waals surface area (Å²) in [6.07, 6.45) is 5.96. The molecule has 0 aromatic carbocycles. The lowest BCUT2D eigenvalue weighted by molar-refractivity contribution is -0.120. The Morgan fingerprint density at radius 2 is 2.21 bits per heavy atom. The molecule has 2 nitrogen and oxygen atoms in total. The molecule has 1 saturated carbocycles. The first-order chi connectivity index (χ1) is 6.66. The zero-order chi connectivity index (χ0) is 10.1. The van der Waals surface area contributed by atoms with Crippen LogP contribution in [0.5, 0.6) is 0 Å². The number of Topliss-reactive ketones (excluding diaryl/α,β-unsaturated/α-hetero) is 1. The van der Waals surface area contributed by atoms with E-state index < -0.39 is 0 Å². The van der Waals surface area contributed by atoms with Crippen molar-refractivity contribution in [1.82, 2.24) is 0 Å². The first-order valence-electron chi connectivity index (χ1n) is 5.84. The highest BCUT2D eigenvalue weighted by atomic mass is 16.6. The highest BCUT2D eigenvalue weighted by molar-refractivity contribution is 5.78. The maximum absolute atomic E-state index is 11.6. The second kappa shape index (κ2) is 4.01. The summed E-state index contributed by atoms with van der Waals surface area (Å²) in [4.78, 5) is 11.6. The maximum atomic E-state index is 11.6. The number of epoxide rings is 1. The SMILES string of the molecule is CC(C)CCC(=O)C[C@@H]1CC[C@H]2O[C@@H]12. The van der Waals surface area contributed by atoms with Crippen LogP contribution in [-0.2, 0) is 9.53 Å².